The van der Waals surface area contributed by atoms with Gasteiger partial charge in [-0.05, 0) is 37.5 Å². The van der Waals surface area contributed by atoms with Crippen molar-refractivity contribution in [2.24, 2.45) is 0 Å². The fourth-order valence-electron chi connectivity index (χ4n) is 1.61. The van der Waals surface area contributed by atoms with E-state index in [2.05, 4.69) is 29.1 Å². The lowest BCUT2D eigenvalue weighted by Gasteiger charge is -2.12. The monoisotopic (exact) mass is 251 g/mol. The number of esters is 1. The molecule has 0 radical (unpaired) electrons. The van der Waals surface area contributed by atoms with Crippen LogP contribution in [0.2, 0.25) is 0 Å². The molecule has 1 aromatic rings. The molecule has 100 valence electrons. The highest BCUT2D eigenvalue weighted by Gasteiger charge is 2.05. The number of hydrogen-bond acceptors (Lipinski definition) is 4. The van der Waals surface area contributed by atoms with Crippen LogP contribution >= 0.6 is 0 Å². The van der Waals surface area contributed by atoms with Crippen molar-refractivity contribution in [3.63, 3.8) is 0 Å². The Morgan fingerprint density at radius 3 is 2.50 bits per heavy atom. The molecule has 0 saturated heterocycles. The van der Waals surface area contributed by atoms with Crippen LogP contribution in [0.3, 0.4) is 0 Å². The van der Waals surface area contributed by atoms with Gasteiger partial charge in [-0.2, -0.15) is 0 Å². The highest BCUT2D eigenvalue weighted by molar-refractivity contribution is 5.71. The maximum absolute atomic E-state index is 11.0. The minimum Gasteiger partial charge on any atom is -0.497 e. The van der Waals surface area contributed by atoms with E-state index in [1.165, 1.54) is 12.7 Å². The topological polar surface area (TPSA) is 47.6 Å². The molecule has 0 amide bonds. The zero-order chi connectivity index (χ0) is 13.4. The van der Waals surface area contributed by atoms with Crippen LogP contribution in [-0.2, 0) is 16.0 Å². The predicted molar refractivity (Wildman–Crippen MR) is 70.8 cm³/mol. The summed E-state index contributed by atoms with van der Waals surface area (Å²) in [5.74, 6) is 0.641. The first-order valence-electron chi connectivity index (χ1n) is 6.09. The molecule has 0 saturated carbocycles. The second-order valence-corrected chi connectivity index (χ2v) is 4.24. The lowest BCUT2D eigenvalue weighted by Crippen LogP contribution is -2.32. The molecule has 1 unspecified atom stereocenters. The largest absolute Gasteiger partial charge is 0.497 e. The molecular formula is C14H21NO3. The third-order valence-corrected chi connectivity index (χ3v) is 2.85. The van der Waals surface area contributed by atoms with Crippen LogP contribution < -0.4 is 10.1 Å². The second kappa shape index (κ2) is 7.71. The zero-order valence-corrected chi connectivity index (χ0v) is 11.2. The molecule has 0 fully saturated rings. The number of carbonyl (C=O) groups is 1. The normalized spacial score (nSPS) is 11.9. The number of ether oxygens (including phenoxy) is 2. The molecule has 0 heterocycles. The van der Waals surface area contributed by atoms with Crippen molar-refractivity contribution >= 4 is 5.97 Å². The summed E-state index contributed by atoms with van der Waals surface area (Å²) in [6, 6.07) is 8.33. The van der Waals surface area contributed by atoms with Crippen molar-refractivity contribution in [2.75, 3.05) is 20.8 Å². The van der Waals surface area contributed by atoms with Crippen LogP contribution in [-0.4, -0.2) is 32.8 Å². The Bertz CT molecular complexity index is 362. The highest BCUT2D eigenvalue weighted by atomic mass is 16.5. The molecule has 1 aromatic carbocycles. The molecule has 4 heteroatoms. The van der Waals surface area contributed by atoms with Crippen molar-refractivity contribution in [1.82, 2.24) is 5.32 Å². The van der Waals surface area contributed by atoms with E-state index in [0.717, 1.165) is 18.6 Å². The van der Waals surface area contributed by atoms with Crippen LogP contribution in [0.4, 0.5) is 0 Å². The van der Waals surface area contributed by atoms with Gasteiger partial charge in [-0.15, -0.1) is 0 Å². The quantitative estimate of drug-likeness (QED) is 0.750. The first-order chi connectivity index (χ1) is 8.65. The van der Waals surface area contributed by atoms with Gasteiger partial charge in [-0.25, -0.2) is 0 Å². The minimum atomic E-state index is -0.230. The van der Waals surface area contributed by atoms with Gasteiger partial charge in [0.15, 0.2) is 0 Å². The van der Waals surface area contributed by atoms with Gasteiger partial charge >= 0.3 is 5.97 Å². The first-order valence-corrected chi connectivity index (χ1v) is 6.09. The summed E-state index contributed by atoms with van der Waals surface area (Å²) < 4.78 is 9.68. The summed E-state index contributed by atoms with van der Waals surface area (Å²) in [5.41, 5.74) is 1.27. The van der Waals surface area contributed by atoms with Crippen molar-refractivity contribution in [3.05, 3.63) is 29.8 Å². The van der Waals surface area contributed by atoms with Crippen molar-refractivity contribution in [3.8, 4) is 5.75 Å². The third-order valence-electron chi connectivity index (χ3n) is 2.85. The molecule has 18 heavy (non-hydrogen) atoms. The average molecular weight is 251 g/mol. The number of carbonyl (C=O) groups excluding carboxylic acids is 1. The van der Waals surface area contributed by atoms with Crippen LogP contribution in [0.5, 0.6) is 5.75 Å². The summed E-state index contributed by atoms with van der Waals surface area (Å²) >= 11 is 0. The van der Waals surface area contributed by atoms with Gasteiger partial charge in [-0.3, -0.25) is 4.79 Å². The summed E-state index contributed by atoms with van der Waals surface area (Å²) in [4.78, 5) is 11.0. The van der Waals surface area contributed by atoms with Crippen molar-refractivity contribution in [2.45, 2.75) is 25.8 Å². The Morgan fingerprint density at radius 2 is 1.94 bits per heavy atom. The molecule has 0 spiro atoms. The predicted octanol–water partition coefficient (Wildman–Crippen LogP) is 1.78. The van der Waals surface area contributed by atoms with Crippen LogP contribution in [0.1, 0.15) is 18.9 Å². The van der Waals surface area contributed by atoms with E-state index in [1.807, 2.05) is 12.1 Å². The molecule has 1 atom stereocenters. The fourth-order valence-corrected chi connectivity index (χ4v) is 1.61. The van der Waals surface area contributed by atoms with E-state index in [4.69, 9.17) is 4.74 Å². The highest BCUT2D eigenvalue weighted by Crippen LogP contribution is 2.13. The van der Waals surface area contributed by atoms with E-state index in [0.29, 0.717) is 0 Å². The fraction of sp³-hybridized carbons (Fsp3) is 0.500. The molecule has 0 aliphatic rings. The lowest BCUT2D eigenvalue weighted by molar-refractivity contribution is -0.139. The van der Waals surface area contributed by atoms with Gasteiger partial charge in [0.1, 0.15) is 5.75 Å². The SMILES string of the molecule is COC(=O)CNC(C)CCc1ccc(OC)cc1. The Hall–Kier alpha value is -1.55. The zero-order valence-electron chi connectivity index (χ0n) is 11.2. The summed E-state index contributed by atoms with van der Waals surface area (Å²) in [6.45, 7) is 2.33. The Balaban J connectivity index is 2.28. The maximum atomic E-state index is 11.0. The molecule has 0 bridgehead atoms. The number of hydrogen-bond donors (Lipinski definition) is 1. The minimum absolute atomic E-state index is 0.230. The van der Waals surface area contributed by atoms with Crippen LogP contribution in [0.25, 0.3) is 0 Å². The van der Waals surface area contributed by atoms with Gasteiger partial charge in [0.2, 0.25) is 0 Å². The number of benzene rings is 1. The van der Waals surface area contributed by atoms with Gasteiger partial charge < -0.3 is 14.8 Å². The standard InChI is InChI=1S/C14H21NO3/c1-11(15-10-14(16)18-3)4-5-12-6-8-13(17-2)9-7-12/h6-9,11,15H,4-5,10H2,1-3H3. The smallest absolute Gasteiger partial charge is 0.319 e. The first kappa shape index (κ1) is 14.5. The van der Waals surface area contributed by atoms with E-state index in [1.54, 1.807) is 7.11 Å². The van der Waals surface area contributed by atoms with Crippen molar-refractivity contribution < 1.29 is 14.3 Å². The lowest BCUT2D eigenvalue weighted by atomic mass is 10.1. The summed E-state index contributed by atoms with van der Waals surface area (Å²) in [7, 11) is 3.06. The van der Waals surface area contributed by atoms with E-state index >= 15 is 0 Å². The van der Waals surface area contributed by atoms with Crippen LogP contribution in [0, 0.1) is 0 Å². The Labute approximate surface area is 108 Å². The molecule has 1 rings (SSSR count). The third kappa shape index (κ3) is 5.19. The van der Waals surface area contributed by atoms with E-state index in [9.17, 15) is 4.79 Å². The summed E-state index contributed by atoms with van der Waals surface area (Å²) in [6.07, 6.45) is 1.95. The van der Waals surface area contributed by atoms with E-state index in [-0.39, 0.29) is 18.6 Å². The van der Waals surface area contributed by atoms with Crippen LogP contribution in [0.15, 0.2) is 24.3 Å². The number of rotatable bonds is 7. The molecule has 1 N–H and O–H groups in total. The van der Waals surface area contributed by atoms with E-state index < -0.39 is 0 Å². The molecule has 0 aliphatic carbocycles. The number of methoxy groups -OCH3 is 2. The van der Waals surface area contributed by atoms with Gasteiger partial charge in [-0.1, -0.05) is 12.1 Å². The van der Waals surface area contributed by atoms with Gasteiger partial charge in [0.25, 0.3) is 0 Å². The number of aryl methyl sites for hydroxylation is 1. The molecule has 0 aromatic heterocycles. The average Bonchev–Trinajstić information content (AvgIpc) is 2.42. The van der Waals surface area contributed by atoms with Gasteiger partial charge in [0.05, 0.1) is 20.8 Å². The number of nitrogens with one attached hydrogen (secondary N) is 1. The second-order valence-electron chi connectivity index (χ2n) is 4.24. The maximum Gasteiger partial charge on any atom is 0.319 e. The molecular weight excluding hydrogens is 230 g/mol. The molecule has 0 aliphatic heterocycles. The Kier molecular flexibility index (Phi) is 6.22. The van der Waals surface area contributed by atoms with Crippen molar-refractivity contribution in [1.29, 1.82) is 0 Å². The molecule has 4 nitrogen and oxygen atoms in total. The van der Waals surface area contributed by atoms with Gasteiger partial charge in [0, 0.05) is 6.04 Å². The summed E-state index contributed by atoms with van der Waals surface area (Å²) in [5, 5.41) is 3.13. The Morgan fingerprint density at radius 1 is 1.28 bits per heavy atom.